The van der Waals surface area contributed by atoms with Crippen molar-refractivity contribution in [2.75, 3.05) is 0 Å². The van der Waals surface area contributed by atoms with Gasteiger partial charge in [-0.15, -0.1) is 11.6 Å². The molecule has 1 nitrogen and oxygen atoms in total. The molecular formula is C12H18ClN. The second-order valence-electron chi connectivity index (χ2n) is 3.60. The highest BCUT2D eigenvalue weighted by Gasteiger charge is 2.16. The smallest absolute Gasteiger partial charge is 0.0869 e. The Labute approximate surface area is 91.3 Å². The Morgan fingerprint density at radius 1 is 1.29 bits per heavy atom. The first-order valence-electron chi connectivity index (χ1n) is 5.20. The van der Waals surface area contributed by atoms with Gasteiger partial charge in [0.2, 0.25) is 0 Å². The average Bonchev–Trinajstić information content (AvgIpc) is 2.19. The SMILES string of the molecule is CCCCC(c1ccccc1)C(N)Cl. The monoisotopic (exact) mass is 211 g/mol. The van der Waals surface area contributed by atoms with Crippen LogP contribution in [0.2, 0.25) is 0 Å². The lowest BCUT2D eigenvalue weighted by Crippen LogP contribution is -2.22. The van der Waals surface area contributed by atoms with E-state index >= 15 is 0 Å². The molecule has 0 saturated heterocycles. The molecule has 2 unspecified atom stereocenters. The van der Waals surface area contributed by atoms with Crippen molar-refractivity contribution >= 4 is 11.6 Å². The summed E-state index contributed by atoms with van der Waals surface area (Å²) in [6, 6.07) is 10.3. The van der Waals surface area contributed by atoms with Crippen LogP contribution in [0.5, 0.6) is 0 Å². The number of halogens is 1. The van der Waals surface area contributed by atoms with Gasteiger partial charge in [0.15, 0.2) is 0 Å². The number of benzene rings is 1. The van der Waals surface area contributed by atoms with Crippen molar-refractivity contribution in [3.05, 3.63) is 35.9 Å². The Morgan fingerprint density at radius 3 is 2.43 bits per heavy atom. The predicted octanol–water partition coefficient (Wildman–Crippen LogP) is 3.48. The average molecular weight is 212 g/mol. The molecule has 1 rings (SSSR count). The predicted molar refractivity (Wildman–Crippen MR) is 62.5 cm³/mol. The van der Waals surface area contributed by atoms with E-state index in [-0.39, 0.29) is 11.4 Å². The van der Waals surface area contributed by atoms with Gasteiger partial charge in [-0.1, -0.05) is 50.1 Å². The normalized spacial score (nSPS) is 15.1. The largest absolute Gasteiger partial charge is 0.315 e. The zero-order valence-corrected chi connectivity index (χ0v) is 9.37. The van der Waals surface area contributed by atoms with Crippen molar-refractivity contribution in [1.29, 1.82) is 0 Å². The van der Waals surface area contributed by atoms with E-state index in [9.17, 15) is 0 Å². The van der Waals surface area contributed by atoms with Gasteiger partial charge >= 0.3 is 0 Å². The zero-order valence-electron chi connectivity index (χ0n) is 8.62. The molecule has 0 bridgehead atoms. The molecule has 0 spiro atoms. The summed E-state index contributed by atoms with van der Waals surface area (Å²) in [7, 11) is 0. The standard InChI is InChI=1S/C12H18ClN/c1-2-3-9-11(12(13)14)10-7-5-4-6-8-10/h4-8,11-12H,2-3,9,14H2,1H3. The molecule has 0 aliphatic heterocycles. The van der Waals surface area contributed by atoms with Crippen LogP contribution in [-0.2, 0) is 0 Å². The fraction of sp³-hybridized carbons (Fsp3) is 0.500. The molecule has 0 radical (unpaired) electrons. The fourth-order valence-electron chi connectivity index (χ4n) is 1.63. The van der Waals surface area contributed by atoms with Crippen molar-refractivity contribution in [1.82, 2.24) is 0 Å². The lowest BCUT2D eigenvalue weighted by molar-refractivity contribution is 0.565. The minimum Gasteiger partial charge on any atom is -0.315 e. The second kappa shape index (κ2) is 6.05. The second-order valence-corrected chi connectivity index (χ2v) is 4.11. The number of rotatable bonds is 5. The first-order chi connectivity index (χ1) is 6.75. The van der Waals surface area contributed by atoms with E-state index < -0.39 is 0 Å². The Hall–Kier alpha value is -0.530. The van der Waals surface area contributed by atoms with Gasteiger partial charge in [-0.3, -0.25) is 0 Å². The summed E-state index contributed by atoms with van der Waals surface area (Å²) in [4.78, 5) is 0. The van der Waals surface area contributed by atoms with Crippen LogP contribution in [0.25, 0.3) is 0 Å². The molecule has 2 heteroatoms. The van der Waals surface area contributed by atoms with Crippen LogP contribution >= 0.6 is 11.6 Å². The number of hydrogen-bond donors (Lipinski definition) is 1. The van der Waals surface area contributed by atoms with Gasteiger partial charge < -0.3 is 5.73 Å². The van der Waals surface area contributed by atoms with E-state index in [1.165, 1.54) is 18.4 Å². The third-order valence-corrected chi connectivity index (χ3v) is 2.78. The first-order valence-corrected chi connectivity index (χ1v) is 5.64. The highest BCUT2D eigenvalue weighted by atomic mass is 35.5. The summed E-state index contributed by atoms with van der Waals surface area (Å²) in [6.45, 7) is 2.18. The summed E-state index contributed by atoms with van der Waals surface area (Å²) in [5, 5.41) is 0. The number of unbranched alkanes of at least 4 members (excludes halogenated alkanes) is 1. The summed E-state index contributed by atoms with van der Waals surface area (Å²) >= 11 is 5.99. The van der Waals surface area contributed by atoms with E-state index in [1.807, 2.05) is 18.2 Å². The lowest BCUT2D eigenvalue weighted by atomic mass is 9.93. The quantitative estimate of drug-likeness (QED) is 0.586. The summed E-state index contributed by atoms with van der Waals surface area (Å²) < 4.78 is 0. The van der Waals surface area contributed by atoms with Crippen molar-refractivity contribution in [2.45, 2.75) is 37.6 Å². The maximum absolute atomic E-state index is 5.99. The van der Waals surface area contributed by atoms with Crippen LogP contribution in [-0.4, -0.2) is 5.50 Å². The van der Waals surface area contributed by atoms with Crippen molar-refractivity contribution in [2.24, 2.45) is 5.73 Å². The zero-order chi connectivity index (χ0) is 10.4. The highest BCUT2D eigenvalue weighted by Crippen LogP contribution is 2.26. The maximum atomic E-state index is 5.99. The molecule has 0 fully saturated rings. The van der Waals surface area contributed by atoms with E-state index in [2.05, 4.69) is 19.1 Å². The van der Waals surface area contributed by atoms with Gasteiger partial charge in [0.05, 0.1) is 5.50 Å². The minimum absolute atomic E-state index is 0.274. The van der Waals surface area contributed by atoms with Gasteiger partial charge in [0, 0.05) is 5.92 Å². The minimum atomic E-state index is -0.274. The van der Waals surface area contributed by atoms with Crippen molar-refractivity contribution < 1.29 is 0 Å². The molecule has 78 valence electrons. The van der Waals surface area contributed by atoms with Crippen molar-refractivity contribution in [3.8, 4) is 0 Å². The molecule has 2 N–H and O–H groups in total. The first kappa shape index (κ1) is 11.5. The molecule has 0 amide bonds. The van der Waals surface area contributed by atoms with E-state index in [1.54, 1.807) is 0 Å². The Bertz CT molecular complexity index is 246. The molecule has 14 heavy (non-hydrogen) atoms. The lowest BCUT2D eigenvalue weighted by Gasteiger charge is -2.19. The van der Waals surface area contributed by atoms with Crippen LogP contribution in [0.3, 0.4) is 0 Å². The molecular weight excluding hydrogens is 194 g/mol. The fourth-order valence-corrected chi connectivity index (χ4v) is 1.91. The van der Waals surface area contributed by atoms with Gasteiger partial charge in [0.25, 0.3) is 0 Å². The maximum Gasteiger partial charge on any atom is 0.0869 e. The Morgan fingerprint density at radius 2 is 1.93 bits per heavy atom. The topological polar surface area (TPSA) is 26.0 Å². The molecule has 0 heterocycles. The molecule has 0 aliphatic carbocycles. The summed E-state index contributed by atoms with van der Waals surface area (Å²) in [6.07, 6.45) is 3.44. The van der Waals surface area contributed by atoms with Gasteiger partial charge in [-0.2, -0.15) is 0 Å². The van der Waals surface area contributed by atoms with Crippen LogP contribution < -0.4 is 5.73 Å². The molecule has 0 aromatic heterocycles. The van der Waals surface area contributed by atoms with Gasteiger partial charge in [-0.05, 0) is 12.0 Å². The van der Waals surface area contributed by atoms with Crippen LogP contribution in [0, 0.1) is 0 Å². The van der Waals surface area contributed by atoms with Crippen LogP contribution in [0.15, 0.2) is 30.3 Å². The number of hydrogen-bond acceptors (Lipinski definition) is 1. The summed E-state index contributed by atoms with van der Waals surface area (Å²) in [5.74, 6) is 0.290. The highest BCUT2D eigenvalue weighted by molar-refractivity contribution is 6.20. The summed E-state index contributed by atoms with van der Waals surface area (Å²) in [5.41, 5.74) is 6.75. The third kappa shape index (κ3) is 3.32. The molecule has 2 atom stereocenters. The molecule has 0 saturated carbocycles. The van der Waals surface area contributed by atoms with Crippen LogP contribution in [0.1, 0.15) is 37.7 Å². The van der Waals surface area contributed by atoms with E-state index in [0.29, 0.717) is 0 Å². The van der Waals surface area contributed by atoms with E-state index in [4.69, 9.17) is 17.3 Å². The van der Waals surface area contributed by atoms with Gasteiger partial charge in [0.1, 0.15) is 0 Å². The van der Waals surface area contributed by atoms with Gasteiger partial charge in [-0.25, -0.2) is 0 Å². The van der Waals surface area contributed by atoms with Crippen molar-refractivity contribution in [3.63, 3.8) is 0 Å². The third-order valence-electron chi connectivity index (χ3n) is 2.48. The number of nitrogens with two attached hydrogens (primary N) is 1. The number of alkyl halides is 1. The van der Waals surface area contributed by atoms with Crippen LogP contribution in [0.4, 0.5) is 0 Å². The molecule has 1 aromatic rings. The Kier molecular flexibility index (Phi) is 4.99. The molecule has 0 aliphatic rings. The molecule has 1 aromatic carbocycles. The Balaban J connectivity index is 2.68. The van der Waals surface area contributed by atoms with E-state index in [0.717, 1.165) is 6.42 Å².